The van der Waals surface area contributed by atoms with Crippen molar-refractivity contribution in [2.45, 2.75) is 26.7 Å². The number of aryl methyl sites for hydroxylation is 1. The molecule has 1 amide bonds. The third-order valence-corrected chi connectivity index (χ3v) is 4.30. The van der Waals surface area contributed by atoms with Crippen molar-refractivity contribution in [1.82, 2.24) is 9.88 Å². The van der Waals surface area contributed by atoms with Gasteiger partial charge in [0.25, 0.3) is 5.91 Å². The Labute approximate surface area is 122 Å². The number of aliphatic carboxylic acids is 1. The Morgan fingerprint density at radius 1 is 1.55 bits per heavy atom. The van der Waals surface area contributed by atoms with Crippen LogP contribution in [0, 0.1) is 12.3 Å². The predicted molar refractivity (Wildman–Crippen MR) is 74.9 cm³/mol. The topological polar surface area (TPSA) is 70.5 Å². The van der Waals surface area contributed by atoms with Crippen molar-refractivity contribution in [3.8, 4) is 0 Å². The Hall–Kier alpha value is -1.62. The summed E-state index contributed by atoms with van der Waals surface area (Å²) in [5, 5.41) is 9.70. The first kappa shape index (κ1) is 14.8. The Kier molecular flexibility index (Phi) is 3.99. The first-order valence-corrected chi connectivity index (χ1v) is 6.92. The van der Waals surface area contributed by atoms with Gasteiger partial charge in [-0.25, -0.2) is 0 Å². The van der Waals surface area contributed by atoms with Crippen LogP contribution >= 0.6 is 11.6 Å². The minimum Gasteiger partial charge on any atom is -0.481 e. The summed E-state index contributed by atoms with van der Waals surface area (Å²) in [5.41, 5.74) is 0.233. The van der Waals surface area contributed by atoms with Crippen LogP contribution in [0.25, 0.3) is 0 Å². The van der Waals surface area contributed by atoms with E-state index < -0.39 is 11.4 Å². The lowest BCUT2D eigenvalue weighted by Gasteiger charge is -2.23. The molecular formula is C14H17ClN2O3. The monoisotopic (exact) mass is 296 g/mol. The zero-order valence-corrected chi connectivity index (χ0v) is 12.3. The molecule has 20 heavy (non-hydrogen) atoms. The molecule has 108 valence electrons. The van der Waals surface area contributed by atoms with E-state index >= 15 is 0 Å². The first-order valence-electron chi connectivity index (χ1n) is 6.54. The molecule has 0 saturated carbocycles. The fourth-order valence-electron chi connectivity index (χ4n) is 2.51. The van der Waals surface area contributed by atoms with Gasteiger partial charge in [0.2, 0.25) is 0 Å². The van der Waals surface area contributed by atoms with Gasteiger partial charge in [0, 0.05) is 25.0 Å². The third kappa shape index (κ3) is 2.50. The summed E-state index contributed by atoms with van der Waals surface area (Å²) < 4.78 is 0. The molecule has 1 atom stereocenters. The maximum Gasteiger partial charge on any atom is 0.311 e. The number of carbonyl (C=O) groups is 2. The predicted octanol–water partition coefficient (Wildman–Crippen LogP) is 2.37. The summed E-state index contributed by atoms with van der Waals surface area (Å²) >= 11 is 6.07. The normalized spacial score (nSPS) is 22.1. The highest BCUT2D eigenvalue weighted by Gasteiger charge is 2.45. The highest BCUT2D eigenvalue weighted by atomic mass is 35.5. The van der Waals surface area contributed by atoms with Crippen molar-refractivity contribution in [3.63, 3.8) is 0 Å². The molecule has 6 heteroatoms. The Balaban J connectivity index is 2.21. The van der Waals surface area contributed by atoms with Gasteiger partial charge in [-0.2, -0.15) is 0 Å². The maximum absolute atomic E-state index is 12.4. The van der Waals surface area contributed by atoms with Gasteiger partial charge in [0.15, 0.2) is 0 Å². The van der Waals surface area contributed by atoms with E-state index in [2.05, 4.69) is 4.98 Å². The SMILES string of the molecule is CCC1(C(=O)O)CCN(C(=O)c2cnc(C)cc2Cl)C1. The first-order chi connectivity index (χ1) is 9.39. The number of carboxylic acid groups (broad SMARTS) is 1. The molecule has 2 rings (SSSR count). The molecule has 2 heterocycles. The number of likely N-dealkylation sites (tertiary alicyclic amines) is 1. The van der Waals surface area contributed by atoms with Crippen LogP contribution in [0.4, 0.5) is 0 Å². The molecule has 5 nitrogen and oxygen atoms in total. The Morgan fingerprint density at radius 2 is 2.25 bits per heavy atom. The van der Waals surface area contributed by atoms with Gasteiger partial charge in [0.05, 0.1) is 16.0 Å². The van der Waals surface area contributed by atoms with E-state index in [1.54, 1.807) is 17.9 Å². The number of amides is 1. The van der Waals surface area contributed by atoms with Gasteiger partial charge in [-0.05, 0) is 25.8 Å². The maximum atomic E-state index is 12.4. The summed E-state index contributed by atoms with van der Waals surface area (Å²) in [6.45, 7) is 4.29. The van der Waals surface area contributed by atoms with Crippen molar-refractivity contribution in [3.05, 3.63) is 28.5 Å². The standard InChI is InChI=1S/C14H17ClN2O3/c1-3-14(13(19)20)4-5-17(8-14)12(18)10-7-16-9(2)6-11(10)15/h6-7H,3-5,8H2,1-2H3,(H,19,20). The second-order valence-corrected chi connectivity index (χ2v) is 5.63. The second-order valence-electron chi connectivity index (χ2n) is 5.22. The number of halogens is 1. The lowest BCUT2D eigenvalue weighted by molar-refractivity contribution is -0.148. The largest absolute Gasteiger partial charge is 0.481 e. The van der Waals surface area contributed by atoms with Crippen LogP contribution < -0.4 is 0 Å². The molecule has 0 aromatic carbocycles. The zero-order chi connectivity index (χ0) is 14.9. The van der Waals surface area contributed by atoms with E-state index in [0.717, 1.165) is 5.69 Å². The number of hydrogen-bond acceptors (Lipinski definition) is 3. The van der Waals surface area contributed by atoms with Crippen molar-refractivity contribution in [2.24, 2.45) is 5.41 Å². The van der Waals surface area contributed by atoms with Gasteiger partial charge in [-0.15, -0.1) is 0 Å². The minimum atomic E-state index is -0.844. The smallest absolute Gasteiger partial charge is 0.311 e. The molecule has 1 aromatic heterocycles. The van der Waals surface area contributed by atoms with Crippen molar-refractivity contribution in [1.29, 1.82) is 0 Å². The van der Waals surface area contributed by atoms with Gasteiger partial charge < -0.3 is 10.0 Å². The van der Waals surface area contributed by atoms with Crippen LogP contribution in [0.5, 0.6) is 0 Å². The average molecular weight is 297 g/mol. The summed E-state index contributed by atoms with van der Waals surface area (Å²) in [6.07, 6.45) is 2.43. The number of carbonyl (C=O) groups excluding carboxylic acids is 1. The van der Waals surface area contributed by atoms with E-state index in [9.17, 15) is 14.7 Å². The Bertz CT molecular complexity index is 561. The van der Waals surface area contributed by atoms with Crippen LogP contribution in [0.3, 0.4) is 0 Å². The highest BCUT2D eigenvalue weighted by molar-refractivity contribution is 6.33. The van der Waals surface area contributed by atoms with Crippen LogP contribution in [0.15, 0.2) is 12.3 Å². The van der Waals surface area contributed by atoms with Gasteiger partial charge >= 0.3 is 5.97 Å². The molecule has 0 bridgehead atoms. The molecule has 0 radical (unpaired) electrons. The van der Waals surface area contributed by atoms with Gasteiger partial charge in [0.1, 0.15) is 0 Å². The average Bonchev–Trinajstić information content (AvgIpc) is 2.83. The zero-order valence-electron chi connectivity index (χ0n) is 11.5. The summed E-state index contributed by atoms with van der Waals surface area (Å²) in [6, 6.07) is 1.63. The number of nitrogens with zero attached hydrogens (tertiary/aromatic N) is 2. The molecule has 1 N–H and O–H groups in total. The lowest BCUT2D eigenvalue weighted by Crippen LogP contribution is -2.36. The van der Waals surface area contributed by atoms with E-state index in [0.29, 0.717) is 30.0 Å². The number of hydrogen-bond donors (Lipinski definition) is 1. The van der Waals surface area contributed by atoms with E-state index in [1.165, 1.54) is 6.20 Å². The van der Waals surface area contributed by atoms with E-state index in [1.807, 2.05) is 6.92 Å². The van der Waals surface area contributed by atoms with Crippen molar-refractivity contribution < 1.29 is 14.7 Å². The third-order valence-electron chi connectivity index (χ3n) is 3.99. The minimum absolute atomic E-state index is 0.224. The van der Waals surface area contributed by atoms with Crippen LogP contribution in [-0.4, -0.2) is 40.0 Å². The number of carboxylic acids is 1. The lowest BCUT2D eigenvalue weighted by atomic mass is 9.84. The van der Waals surface area contributed by atoms with E-state index in [4.69, 9.17) is 11.6 Å². The molecular weight excluding hydrogens is 280 g/mol. The summed E-state index contributed by atoms with van der Waals surface area (Å²) in [7, 11) is 0. The van der Waals surface area contributed by atoms with Crippen molar-refractivity contribution in [2.75, 3.05) is 13.1 Å². The highest BCUT2D eigenvalue weighted by Crippen LogP contribution is 2.35. The number of rotatable bonds is 3. The van der Waals surface area contributed by atoms with Gasteiger partial charge in [-0.1, -0.05) is 18.5 Å². The van der Waals surface area contributed by atoms with Crippen LogP contribution in [-0.2, 0) is 4.79 Å². The molecule has 1 aliphatic heterocycles. The molecule has 1 unspecified atom stereocenters. The number of aromatic nitrogens is 1. The molecule has 1 saturated heterocycles. The van der Waals surface area contributed by atoms with E-state index in [-0.39, 0.29) is 12.5 Å². The molecule has 0 aliphatic carbocycles. The number of pyridine rings is 1. The quantitative estimate of drug-likeness (QED) is 0.929. The van der Waals surface area contributed by atoms with Crippen molar-refractivity contribution >= 4 is 23.5 Å². The summed E-state index contributed by atoms with van der Waals surface area (Å²) in [5.74, 6) is -1.09. The molecule has 1 fully saturated rings. The Morgan fingerprint density at radius 3 is 2.75 bits per heavy atom. The van der Waals surface area contributed by atoms with Gasteiger partial charge in [-0.3, -0.25) is 14.6 Å². The van der Waals surface area contributed by atoms with Crippen LogP contribution in [0.1, 0.15) is 35.8 Å². The fourth-order valence-corrected chi connectivity index (χ4v) is 2.80. The molecule has 1 aromatic rings. The molecule has 0 spiro atoms. The van der Waals surface area contributed by atoms with Crippen LogP contribution in [0.2, 0.25) is 5.02 Å². The summed E-state index contributed by atoms with van der Waals surface area (Å²) in [4.78, 5) is 29.4. The second kappa shape index (κ2) is 5.40. The fraction of sp³-hybridized carbons (Fsp3) is 0.500. The molecule has 1 aliphatic rings.